The van der Waals surface area contributed by atoms with E-state index in [1.807, 2.05) is 24.4 Å². The zero-order valence-corrected chi connectivity index (χ0v) is 14.0. The van der Waals surface area contributed by atoms with Crippen LogP contribution in [0.1, 0.15) is 42.3 Å². The second kappa shape index (κ2) is 6.95. The predicted octanol–water partition coefficient (Wildman–Crippen LogP) is 2.84. The number of hydrogen-bond donors (Lipinski definition) is 1. The van der Waals surface area contributed by atoms with Crippen molar-refractivity contribution in [2.45, 2.75) is 38.1 Å². The summed E-state index contributed by atoms with van der Waals surface area (Å²) < 4.78 is 13.1. The van der Waals surface area contributed by atoms with Crippen LogP contribution in [0, 0.1) is 0 Å². The minimum atomic E-state index is -0.851. The summed E-state index contributed by atoms with van der Waals surface area (Å²) >= 11 is 0. The highest BCUT2D eigenvalue weighted by molar-refractivity contribution is 5.69. The fourth-order valence-corrected chi connectivity index (χ4v) is 3.45. The van der Waals surface area contributed by atoms with Crippen LogP contribution in [0.2, 0.25) is 0 Å². The quantitative estimate of drug-likeness (QED) is 0.881. The fourth-order valence-electron chi connectivity index (χ4n) is 3.45. The molecule has 0 bridgehead atoms. The molecule has 0 fully saturated rings. The molecule has 2 aromatic rings. The summed E-state index contributed by atoms with van der Waals surface area (Å²) in [6, 6.07) is 5.57. The fraction of sp³-hybridized carbons (Fsp3) is 0.444. The number of hydrogen-bond acceptors (Lipinski definition) is 4. The summed E-state index contributed by atoms with van der Waals surface area (Å²) in [5.41, 5.74) is 1.74. The van der Waals surface area contributed by atoms with Gasteiger partial charge >= 0.3 is 5.97 Å². The maximum atomic E-state index is 11.5. The van der Waals surface area contributed by atoms with Crippen molar-refractivity contribution in [3.8, 4) is 11.5 Å². The van der Waals surface area contributed by atoms with E-state index >= 15 is 0 Å². The summed E-state index contributed by atoms with van der Waals surface area (Å²) in [4.78, 5) is 16.0. The molecule has 0 saturated heterocycles. The number of para-hydroxylation sites is 1. The van der Waals surface area contributed by atoms with Gasteiger partial charge in [0.15, 0.2) is 11.5 Å². The third-order valence-electron chi connectivity index (χ3n) is 4.55. The summed E-state index contributed by atoms with van der Waals surface area (Å²) in [6.45, 7) is 0.882. The minimum Gasteiger partial charge on any atom is -0.493 e. The van der Waals surface area contributed by atoms with Gasteiger partial charge in [-0.3, -0.25) is 4.79 Å². The molecule has 2 heterocycles. The summed E-state index contributed by atoms with van der Waals surface area (Å²) in [6.07, 6.45) is 4.95. The van der Waals surface area contributed by atoms with Gasteiger partial charge in [0.25, 0.3) is 0 Å². The number of carboxylic acids is 1. The Bertz CT molecular complexity index is 739. The maximum absolute atomic E-state index is 11.5. The lowest BCUT2D eigenvalue weighted by Gasteiger charge is -2.23. The molecule has 0 spiro atoms. The van der Waals surface area contributed by atoms with Crippen molar-refractivity contribution in [1.82, 2.24) is 9.55 Å². The van der Waals surface area contributed by atoms with E-state index < -0.39 is 5.97 Å². The van der Waals surface area contributed by atoms with Crippen LogP contribution in [0.5, 0.6) is 11.5 Å². The number of aromatic nitrogens is 2. The van der Waals surface area contributed by atoms with Gasteiger partial charge in [0, 0.05) is 36.3 Å². The smallest absolute Gasteiger partial charge is 0.304 e. The number of carboxylic acid groups (broad SMARTS) is 1. The van der Waals surface area contributed by atoms with Crippen LogP contribution in [-0.4, -0.2) is 34.8 Å². The average Bonchev–Trinajstić information content (AvgIpc) is 3.02. The number of nitrogens with zero attached hydrogens (tertiary/aromatic N) is 2. The molecular formula is C18H22N2O4. The third-order valence-corrected chi connectivity index (χ3v) is 4.55. The average molecular weight is 330 g/mol. The standard InChI is InChI=1S/C18H22N2O4/c1-23-15-7-5-6-12(18(15)24-2)13(10-17(21)22)14-11-19-16-8-3-4-9-20(14)16/h5-7,11,13H,3-4,8-10H2,1-2H3,(H,21,22). The molecule has 24 heavy (non-hydrogen) atoms. The Kier molecular flexibility index (Phi) is 4.74. The Hall–Kier alpha value is -2.50. The number of carbonyl (C=O) groups is 1. The first-order valence-corrected chi connectivity index (χ1v) is 8.12. The molecule has 3 rings (SSSR count). The SMILES string of the molecule is COc1cccc(C(CC(=O)O)c2cnc3n2CCCC3)c1OC. The largest absolute Gasteiger partial charge is 0.493 e. The van der Waals surface area contributed by atoms with E-state index in [2.05, 4.69) is 9.55 Å². The number of aliphatic carboxylic acids is 1. The Morgan fingerprint density at radius 2 is 2.17 bits per heavy atom. The minimum absolute atomic E-state index is 0.0192. The highest BCUT2D eigenvalue weighted by Gasteiger charge is 2.28. The van der Waals surface area contributed by atoms with E-state index in [1.54, 1.807) is 14.2 Å². The van der Waals surface area contributed by atoms with Crippen LogP contribution in [0.4, 0.5) is 0 Å². The molecule has 1 aromatic heterocycles. The van der Waals surface area contributed by atoms with Crippen LogP contribution in [0.3, 0.4) is 0 Å². The zero-order valence-electron chi connectivity index (χ0n) is 14.0. The lowest BCUT2D eigenvalue weighted by atomic mass is 9.91. The topological polar surface area (TPSA) is 73.6 Å². The molecule has 6 nitrogen and oxygen atoms in total. The molecule has 1 aliphatic rings. The molecule has 1 N–H and O–H groups in total. The van der Waals surface area contributed by atoms with Crippen molar-refractivity contribution >= 4 is 5.97 Å². The van der Waals surface area contributed by atoms with Gasteiger partial charge in [-0.2, -0.15) is 0 Å². The summed E-state index contributed by atoms with van der Waals surface area (Å²) in [7, 11) is 3.15. The predicted molar refractivity (Wildman–Crippen MR) is 88.8 cm³/mol. The van der Waals surface area contributed by atoms with Crippen LogP contribution >= 0.6 is 0 Å². The second-order valence-corrected chi connectivity index (χ2v) is 5.94. The lowest BCUT2D eigenvalue weighted by Crippen LogP contribution is -2.18. The highest BCUT2D eigenvalue weighted by atomic mass is 16.5. The van der Waals surface area contributed by atoms with Gasteiger partial charge in [-0.1, -0.05) is 12.1 Å². The molecule has 6 heteroatoms. The normalized spacial score (nSPS) is 14.8. The van der Waals surface area contributed by atoms with E-state index in [-0.39, 0.29) is 12.3 Å². The van der Waals surface area contributed by atoms with Crippen LogP contribution in [0.25, 0.3) is 0 Å². The number of rotatable bonds is 6. The van der Waals surface area contributed by atoms with Gasteiger partial charge in [-0.25, -0.2) is 4.98 Å². The molecule has 0 radical (unpaired) electrons. The Morgan fingerprint density at radius 3 is 2.88 bits per heavy atom. The Labute approximate surface area is 141 Å². The molecule has 1 unspecified atom stereocenters. The monoisotopic (exact) mass is 330 g/mol. The number of ether oxygens (including phenoxy) is 2. The van der Waals surface area contributed by atoms with Crippen molar-refractivity contribution in [2.24, 2.45) is 0 Å². The molecule has 1 atom stereocenters. The van der Waals surface area contributed by atoms with E-state index in [9.17, 15) is 9.90 Å². The highest BCUT2D eigenvalue weighted by Crippen LogP contribution is 2.40. The van der Waals surface area contributed by atoms with Crippen molar-refractivity contribution in [1.29, 1.82) is 0 Å². The molecule has 1 aliphatic heterocycles. The number of fused-ring (bicyclic) bond motifs is 1. The van der Waals surface area contributed by atoms with E-state index in [0.717, 1.165) is 42.9 Å². The van der Waals surface area contributed by atoms with E-state index in [1.165, 1.54) is 0 Å². The van der Waals surface area contributed by atoms with Gasteiger partial charge in [0.2, 0.25) is 0 Å². The summed E-state index contributed by atoms with van der Waals surface area (Å²) in [5.74, 6) is 1.04. The Balaban J connectivity index is 2.11. The molecule has 0 amide bonds. The zero-order chi connectivity index (χ0) is 17.1. The van der Waals surface area contributed by atoms with Gasteiger partial charge in [-0.05, 0) is 18.9 Å². The molecule has 0 saturated carbocycles. The molecular weight excluding hydrogens is 308 g/mol. The van der Waals surface area contributed by atoms with Crippen molar-refractivity contribution in [3.05, 3.63) is 41.5 Å². The number of benzene rings is 1. The van der Waals surface area contributed by atoms with Crippen LogP contribution in [0.15, 0.2) is 24.4 Å². The first-order valence-electron chi connectivity index (χ1n) is 8.12. The lowest BCUT2D eigenvalue weighted by molar-refractivity contribution is -0.137. The van der Waals surface area contributed by atoms with Gasteiger partial charge < -0.3 is 19.1 Å². The Morgan fingerprint density at radius 1 is 1.33 bits per heavy atom. The molecule has 0 aliphatic carbocycles. The van der Waals surface area contributed by atoms with Crippen molar-refractivity contribution < 1.29 is 19.4 Å². The number of aryl methyl sites for hydroxylation is 1. The third kappa shape index (κ3) is 2.96. The van der Waals surface area contributed by atoms with Crippen molar-refractivity contribution in [3.63, 3.8) is 0 Å². The number of imidazole rings is 1. The molecule has 128 valence electrons. The van der Waals surface area contributed by atoms with Gasteiger partial charge in [0.1, 0.15) is 5.82 Å². The second-order valence-electron chi connectivity index (χ2n) is 5.94. The number of methoxy groups -OCH3 is 2. The van der Waals surface area contributed by atoms with E-state index in [4.69, 9.17) is 9.47 Å². The maximum Gasteiger partial charge on any atom is 0.304 e. The molecule has 1 aromatic carbocycles. The van der Waals surface area contributed by atoms with Crippen LogP contribution in [-0.2, 0) is 17.8 Å². The first-order chi connectivity index (χ1) is 11.7. The van der Waals surface area contributed by atoms with Gasteiger partial charge in [-0.15, -0.1) is 0 Å². The van der Waals surface area contributed by atoms with Crippen LogP contribution < -0.4 is 9.47 Å². The first kappa shape index (κ1) is 16.4. The summed E-state index contributed by atoms with van der Waals surface area (Å²) in [5, 5.41) is 9.44. The van der Waals surface area contributed by atoms with Crippen molar-refractivity contribution in [2.75, 3.05) is 14.2 Å². The van der Waals surface area contributed by atoms with Gasteiger partial charge in [0.05, 0.1) is 20.6 Å². The van der Waals surface area contributed by atoms with E-state index in [0.29, 0.717) is 11.5 Å².